The van der Waals surface area contributed by atoms with Crippen molar-refractivity contribution in [2.75, 3.05) is 12.4 Å². The highest BCUT2D eigenvalue weighted by Crippen LogP contribution is 2.38. The summed E-state index contributed by atoms with van der Waals surface area (Å²) in [6.45, 7) is 3.83. The summed E-state index contributed by atoms with van der Waals surface area (Å²) < 4.78 is 11.0. The molecule has 8 heteroatoms. The molecule has 3 aromatic rings. The first-order valence-corrected chi connectivity index (χ1v) is 9.35. The number of carbonyl (C=O) groups is 1. The lowest BCUT2D eigenvalue weighted by Gasteiger charge is -2.14. The molecule has 0 spiro atoms. The van der Waals surface area contributed by atoms with Gasteiger partial charge in [-0.2, -0.15) is 0 Å². The van der Waals surface area contributed by atoms with E-state index in [2.05, 4.69) is 5.32 Å². The molecule has 0 atom stereocenters. The summed E-state index contributed by atoms with van der Waals surface area (Å²) in [5, 5.41) is 14.4. The Balaban J connectivity index is 1.89. The van der Waals surface area contributed by atoms with E-state index < -0.39 is 4.92 Å². The third-order valence-corrected chi connectivity index (χ3v) is 4.72. The molecule has 0 aliphatic rings. The van der Waals surface area contributed by atoms with Crippen LogP contribution >= 0.6 is 11.6 Å². The standard InChI is InChI=1S/C22H19ClN2O5/c1-13-5-4-6-14(2)21(13)24-22(26)15-7-9-19(20(11-15)29-3)30-18-10-8-16(23)12-17(18)25(27)28/h4-12H,1-3H3,(H,24,26). The van der Waals surface area contributed by atoms with Crippen LogP contribution in [0.3, 0.4) is 0 Å². The lowest BCUT2D eigenvalue weighted by Crippen LogP contribution is -2.14. The predicted molar refractivity (Wildman–Crippen MR) is 115 cm³/mol. The van der Waals surface area contributed by atoms with E-state index in [-0.39, 0.29) is 33.9 Å². The summed E-state index contributed by atoms with van der Waals surface area (Å²) in [5.74, 6) is 0.185. The molecule has 0 fully saturated rings. The smallest absolute Gasteiger partial charge is 0.313 e. The van der Waals surface area contributed by atoms with Gasteiger partial charge in [-0.25, -0.2) is 0 Å². The van der Waals surface area contributed by atoms with Gasteiger partial charge in [0.1, 0.15) is 0 Å². The fourth-order valence-electron chi connectivity index (χ4n) is 2.93. The van der Waals surface area contributed by atoms with E-state index in [4.69, 9.17) is 21.1 Å². The van der Waals surface area contributed by atoms with Crippen LogP contribution < -0.4 is 14.8 Å². The SMILES string of the molecule is COc1cc(C(=O)Nc2c(C)cccc2C)ccc1Oc1ccc(Cl)cc1[N+](=O)[O-]. The summed E-state index contributed by atoms with van der Waals surface area (Å²) >= 11 is 5.84. The number of amides is 1. The van der Waals surface area contributed by atoms with Gasteiger partial charge in [0, 0.05) is 22.3 Å². The van der Waals surface area contributed by atoms with Crippen LogP contribution in [0.2, 0.25) is 5.02 Å². The topological polar surface area (TPSA) is 90.7 Å². The van der Waals surface area contributed by atoms with E-state index in [1.807, 2.05) is 32.0 Å². The fraction of sp³-hybridized carbons (Fsp3) is 0.136. The van der Waals surface area contributed by atoms with E-state index in [9.17, 15) is 14.9 Å². The minimum Gasteiger partial charge on any atom is -0.493 e. The number of anilines is 1. The van der Waals surface area contributed by atoms with Gasteiger partial charge in [-0.1, -0.05) is 29.8 Å². The van der Waals surface area contributed by atoms with Crippen molar-refractivity contribution in [3.05, 3.63) is 86.4 Å². The minimum atomic E-state index is -0.583. The Hall–Kier alpha value is -3.58. The molecule has 7 nitrogen and oxygen atoms in total. The number of ether oxygens (including phenoxy) is 2. The van der Waals surface area contributed by atoms with Gasteiger partial charge in [0.25, 0.3) is 5.91 Å². The molecule has 0 bridgehead atoms. The van der Waals surface area contributed by atoms with Gasteiger partial charge < -0.3 is 14.8 Å². The van der Waals surface area contributed by atoms with Crippen LogP contribution in [0.4, 0.5) is 11.4 Å². The Morgan fingerprint density at radius 2 is 1.67 bits per heavy atom. The Labute approximate surface area is 178 Å². The highest BCUT2D eigenvalue weighted by atomic mass is 35.5. The van der Waals surface area contributed by atoms with E-state index >= 15 is 0 Å². The molecule has 1 N–H and O–H groups in total. The zero-order valence-corrected chi connectivity index (χ0v) is 17.3. The van der Waals surface area contributed by atoms with Crippen LogP contribution in [0.1, 0.15) is 21.5 Å². The molecule has 154 valence electrons. The number of hydrogen-bond donors (Lipinski definition) is 1. The van der Waals surface area contributed by atoms with Crippen molar-refractivity contribution in [1.29, 1.82) is 0 Å². The number of nitrogens with one attached hydrogen (secondary N) is 1. The number of hydrogen-bond acceptors (Lipinski definition) is 5. The molecule has 0 heterocycles. The zero-order valence-electron chi connectivity index (χ0n) is 16.6. The van der Waals surface area contributed by atoms with Gasteiger partial charge in [0.2, 0.25) is 5.75 Å². The number of nitrogens with zero attached hydrogens (tertiary/aromatic N) is 1. The van der Waals surface area contributed by atoms with Crippen LogP contribution in [0, 0.1) is 24.0 Å². The van der Waals surface area contributed by atoms with E-state index in [1.165, 1.54) is 37.4 Å². The fourth-order valence-corrected chi connectivity index (χ4v) is 3.09. The number of nitro groups is 1. The van der Waals surface area contributed by atoms with Gasteiger partial charge in [-0.15, -0.1) is 0 Å². The maximum atomic E-state index is 12.7. The second-order valence-electron chi connectivity index (χ2n) is 6.56. The number of para-hydroxylation sites is 1. The average Bonchev–Trinajstić information content (AvgIpc) is 2.72. The van der Waals surface area contributed by atoms with Crippen LogP contribution in [0.5, 0.6) is 17.2 Å². The molecule has 30 heavy (non-hydrogen) atoms. The zero-order chi connectivity index (χ0) is 21.8. The summed E-state index contributed by atoms with van der Waals surface area (Å²) in [6, 6.07) is 14.4. The molecular formula is C22H19ClN2O5. The van der Waals surface area contributed by atoms with Gasteiger partial charge in [-0.3, -0.25) is 14.9 Å². The largest absolute Gasteiger partial charge is 0.493 e. The van der Waals surface area contributed by atoms with Crippen molar-refractivity contribution in [2.45, 2.75) is 13.8 Å². The molecule has 0 saturated heterocycles. The molecule has 1 amide bonds. The summed E-state index contributed by atoms with van der Waals surface area (Å²) in [7, 11) is 1.42. The maximum absolute atomic E-state index is 12.7. The number of benzene rings is 3. The number of methoxy groups -OCH3 is 1. The molecule has 3 aromatic carbocycles. The lowest BCUT2D eigenvalue weighted by molar-refractivity contribution is -0.385. The molecule has 0 saturated carbocycles. The van der Waals surface area contributed by atoms with Gasteiger partial charge in [0.15, 0.2) is 11.5 Å². The third-order valence-electron chi connectivity index (χ3n) is 4.48. The summed E-state index contributed by atoms with van der Waals surface area (Å²) in [5.41, 5.74) is 2.73. The summed E-state index contributed by atoms with van der Waals surface area (Å²) in [6.07, 6.45) is 0. The number of rotatable bonds is 6. The molecule has 0 radical (unpaired) electrons. The quantitative estimate of drug-likeness (QED) is 0.390. The maximum Gasteiger partial charge on any atom is 0.313 e. The average molecular weight is 427 g/mol. The predicted octanol–water partition coefficient (Wildman–Crippen LogP) is 5.92. The third kappa shape index (κ3) is 4.52. The highest BCUT2D eigenvalue weighted by molar-refractivity contribution is 6.30. The second-order valence-corrected chi connectivity index (χ2v) is 6.99. The summed E-state index contributed by atoms with van der Waals surface area (Å²) in [4.78, 5) is 23.4. The van der Waals surface area contributed by atoms with Gasteiger partial charge >= 0.3 is 5.69 Å². The van der Waals surface area contributed by atoms with Crippen molar-refractivity contribution in [3.8, 4) is 17.2 Å². The first-order chi connectivity index (χ1) is 14.3. The van der Waals surface area contributed by atoms with Crippen LogP contribution in [-0.2, 0) is 0 Å². The Morgan fingerprint density at radius 3 is 2.30 bits per heavy atom. The number of halogens is 1. The molecule has 0 unspecified atom stereocenters. The van der Waals surface area contributed by atoms with Crippen molar-refractivity contribution in [2.24, 2.45) is 0 Å². The Morgan fingerprint density at radius 1 is 1.00 bits per heavy atom. The van der Waals surface area contributed by atoms with E-state index in [0.717, 1.165) is 16.8 Å². The van der Waals surface area contributed by atoms with Crippen LogP contribution in [-0.4, -0.2) is 17.9 Å². The van der Waals surface area contributed by atoms with Crippen LogP contribution in [0.15, 0.2) is 54.6 Å². The molecule has 3 rings (SSSR count). The molecule has 0 aromatic heterocycles. The van der Waals surface area contributed by atoms with Gasteiger partial charge in [-0.05, 0) is 55.3 Å². The van der Waals surface area contributed by atoms with Crippen molar-refractivity contribution >= 4 is 28.9 Å². The van der Waals surface area contributed by atoms with Crippen LogP contribution in [0.25, 0.3) is 0 Å². The van der Waals surface area contributed by atoms with Crippen molar-refractivity contribution in [3.63, 3.8) is 0 Å². The number of nitro benzene ring substituents is 1. The minimum absolute atomic E-state index is 0.00966. The molecule has 0 aliphatic heterocycles. The van der Waals surface area contributed by atoms with Crippen molar-refractivity contribution in [1.82, 2.24) is 0 Å². The van der Waals surface area contributed by atoms with E-state index in [1.54, 1.807) is 6.07 Å². The van der Waals surface area contributed by atoms with Crippen molar-refractivity contribution < 1.29 is 19.2 Å². The molecule has 0 aliphatic carbocycles. The monoisotopic (exact) mass is 426 g/mol. The lowest BCUT2D eigenvalue weighted by atomic mass is 10.1. The second kappa shape index (κ2) is 8.84. The number of aryl methyl sites for hydroxylation is 2. The Kier molecular flexibility index (Phi) is 6.23. The normalized spacial score (nSPS) is 10.4. The number of carbonyl (C=O) groups excluding carboxylic acids is 1. The highest BCUT2D eigenvalue weighted by Gasteiger charge is 2.19. The Bertz CT molecular complexity index is 1110. The molecular weight excluding hydrogens is 408 g/mol. The van der Waals surface area contributed by atoms with Gasteiger partial charge in [0.05, 0.1) is 12.0 Å². The van der Waals surface area contributed by atoms with E-state index in [0.29, 0.717) is 5.56 Å². The first kappa shape index (κ1) is 21.1. The first-order valence-electron chi connectivity index (χ1n) is 8.97.